The normalized spacial score (nSPS) is 27.0. The molecule has 114 valence electrons. The number of nitrogens with zero attached hydrogens (tertiary/aromatic N) is 2. The van der Waals surface area contributed by atoms with Crippen molar-refractivity contribution in [2.75, 3.05) is 28.3 Å². The molecule has 1 spiro atoms. The van der Waals surface area contributed by atoms with Gasteiger partial charge >= 0.3 is 18.0 Å². The van der Waals surface area contributed by atoms with Crippen molar-refractivity contribution in [2.24, 2.45) is 17.3 Å². The lowest BCUT2D eigenvalue weighted by atomic mass is 9.95. The fourth-order valence-electron chi connectivity index (χ4n) is 2.86. The molecule has 2 atom stereocenters. The highest BCUT2D eigenvalue weighted by atomic mass is 16.5. The predicted molar refractivity (Wildman–Crippen MR) is 64.4 cm³/mol. The Kier molecular flexibility index (Phi) is 3.23. The van der Waals surface area contributed by atoms with Gasteiger partial charge in [-0.25, -0.2) is 4.79 Å². The van der Waals surface area contributed by atoms with Crippen LogP contribution in [0, 0.1) is 17.3 Å². The molecule has 1 aliphatic carbocycles. The average Bonchev–Trinajstić information content (AvgIpc) is 3.19. The lowest BCUT2D eigenvalue weighted by Gasteiger charge is -2.33. The van der Waals surface area contributed by atoms with Gasteiger partial charge < -0.3 is 9.47 Å². The molecular weight excluding hydrogens is 284 g/mol. The zero-order valence-corrected chi connectivity index (χ0v) is 11.9. The fourth-order valence-corrected chi connectivity index (χ4v) is 2.86. The van der Waals surface area contributed by atoms with Gasteiger partial charge in [0.15, 0.2) is 5.41 Å². The van der Waals surface area contributed by atoms with E-state index in [0.29, 0.717) is 9.80 Å². The number of ether oxygens (including phenoxy) is 2. The van der Waals surface area contributed by atoms with Crippen LogP contribution in [0.4, 0.5) is 4.79 Å². The first-order valence-electron chi connectivity index (χ1n) is 6.02. The number of imide groups is 2. The van der Waals surface area contributed by atoms with Crippen LogP contribution < -0.4 is 0 Å². The maximum absolute atomic E-state index is 12.4. The van der Waals surface area contributed by atoms with Crippen LogP contribution in [-0.2, 0) is 28.7 Å². The number of methoxy groups -OCH3 is 2. The molecule has 1 saturated heterocycles. The summed E-state index contributed by atoms with van der Waals surface area (Å²) in [5.41, 5.74) is -1.95. The monoisotopic (exact) mass is 298 g/mol. The topological polar surface area (TPSA) is 110 Å². The summed E-state index contributed by atoms with van der Waals surface area (Å²) in [4.78, 5) is 61.5. The van der Waals surface area contributed by atoms with Gasteiger partial charge in [-0.2, -0.15) is 0 Å². The SMILES string of the molecule is COC(=O)[C@H]1[C@H](C(=O)OC)C12C(=O)N(C)C(=O)N(C)C2=O. The quantitative estimate of drug-likeness (QED) is 0.456. The summed E-state index contributed by atoms with van der Waals surface area (Å²) in [6, 6.07) is -0.824. The van der Waals surface area contributed by atoms with Crippen molar-refractivity contribution >= 4 is 29.8 Å². The number of barbiturate groups is 1. The summed E-state index contributed by atoms with van der Waals surface area (Å²) >= 11 is 0. The molecule has 0 aromatic carbocycles. The van der Waals surface area contributed by atoms with Gasteiger partial charge in [0.1, 0.15) is 0 Å². The van der Waals surface area contributed by atoms with E-state index in [1.54, 1.807) is 0 Å². The minimum atomic E-state index is -1.95. The van der Waals surface area contributed by atoms with Crippen molar-refractivity contribution in [3.8, 4) is 0 Å². The van der Waals surface area contributed by atoms with Crippen LogP contribution in [0.15, 0.2) is 0 Å². The Hall–Kier alpha value is -2.45. The molecule has 2 fully saturated rings. The number of hydrogen-bond acceptors (Lipinski definition) is 7. The van der Waals surface area contributed by atoms with E-state index in [2.05, 4.69) is 9.47 Å². The number of urea groups is 1. The molecule has 0 bridgehead atoms. The summed E-state index contributed by atoms with van der Waals surface area (Å²) in [5.74, 6) is -6.12. The number of carbonyl (C=O) groups is 5. The maximum atomic E-state index is 12.4. The van der Waals surface area contributed by atoms with Crippen molar-refractivity contribution in [2.45, 2.75) is 0 Å². The molecule has 0 aromatic heterocycles. The third kappa shape index (κ3) is 1.60. The van der Waals surface area contributed by atoms with Crippen LogP contribution in [0.3, 0.4) is 0 Å². The van der Waals surface area contributed by atoms with Gasteiger partial charge in [0.05, 0.1) is 26.1 Å². The number of amides is 4. The van der Waals surface area contributed by atoms with Gasteiger partial charge in [0.25, 0.3) is 0 Å². The maximum Gasteiger partial charge on any atom is 0.332 e. The first kappa shape index (κ1) is 14.9. The number of rotatable bonds is 2. The minimum Gasteiger partial charge on any atom is -0.469 e. The average molecular weight is 298 g/mol. The number of esters is 2. The Morgan fingerprint density at radius 2 is 1.24 bits per heavy atom. The molecule has 1 heterocycles. The van der Waals surface area contributed by atoms with Crippen LogP contribution in [-0.4, -0.2) is 67.9 Å². The molecule has 0 unspecified atom stereocenters. The Balaban J connectivity index is 2.54. The van der Waals surface area contributed by atoms with Gasteiger partial charge in [0.2, 0.25) is 11.8 Å². The molecule has 1 saturated carbocycles. The molecule has 4 amide bonds. The predicted octanol–water partition coefficient (Wildman–Crippen LogP) is -1.38. The van der Waals surface area contributed by atoms with Gasteiger partial charge in [-0.1, -0.05) is 0 Å². The van der Waals surface area contributed by atoms with E-state index >= 15 is 0 Å². The Bertz CT molecular complexity index is 522. The van der Waals surface area contributed by atoms with E-state index in [1.807, 2.05) is 0 Å². The number of carbonyl (C=O) groups excluding carboxylic acids is 5. The first-order chi connectivity index (χ1) is 9.76. The van der Waals surface area contributed by atoms with Crippen molar-refractivity contribution in [3.05, 3.63) is 0 Å². The number of hydrogen-bond donors (Lipinski definition) is 0. The van der Waals surface area contributed by atoms with Gasteiger partial charge in [-0.15, -0.1) is 0 Å². The molecular formula is C12H14N2O7. The van der Waals surface area contributed by atoms with E-state index in [4.69, 9.17) is 0 Å². The van der Waals surface area contributed by atoms with E-state index in [0.717, 1.165) is 14.2 Å². The van der Waals surface area contributed by atoms with Crippen LogP contribution in [0.5, 0.6) is 0 Å². The van der Waals surface area contributed by atoms with E-state index in [9.17, 15) is 24.0 Å². The van der Waals surface area contributed by atoms with Crippen LogP contribution in [0.25, 0.3) is 0 Å². The lowest BCUT2D eigenvalue weighted by molar-refractivity contribution is -0.157. The lowest BCUT2D eigenvalue weighted by Crippen LogP contribution is -2.59. The molecule has 0 aromatic rings. The summed E-state index contributed by atoms with van der Waals surface area (Å²) in [6.45, 7) is 0. The van der Waals surface area contributed by atoms with Crippen molar-refractivity contribution in [3.63, 3.8) is 0 Å². The second kappa shape index (κ2) is 4.54. The minimum absolute atomic E-state index is 0.709. The van der Waals surface area contributed by atoms with E-state index in [1.165, 1.54) is 14.1 Å². The van der Waals surface area contributed by atoms with Crippen LogP contribution >= 0.6 is 0 Å². The molecule has 0 radical (unpaired) electrons. The molecule has 9 heteroatoms. The third-order valence-corrected chi connectivity index (χ3v) is 4.01. The standard InChI is InChI=1S/C12H14N2O7/c1-13-9(17)12(10(18)14(2)11(13)19)5(7(15)20-3)6(12)8(16)21-4/h5-6H,1-4H3/t5-,6-/m1/s1. The van der Waals surface area contributed by atoms with E-state index in [-0.39, 0.29) is 0 Å². The Morgan fingerprint density at radius 1 is 0.905 bits per heavy atom. The molecule has 21 heavy (non-hydrogen) atoms. The molecule has 2 rings (SSSR count). The summed E-state index contributed by atoms with van der Waals surface area (Å²) in [6.07, 6.45) is 0. The van der Waals surface area contributed by atoms with Crippen molar-refractivity contribution in [1.29, 1.82) is 0 Å². The van der Waals surface area contributed by atoms with Gasteiger partial charge in [-0.3, -0.25) is 29.0 Å². The van der Waals surface area contributed by atoms with Crippen LogP contribution in [0.2, 0.25) is 0 Å². The van der Waals surface area contributed by atoms with Crippen molar-refractivity contribution in [1.82, 2.24) is 9.80 Å². The third-order valence-electron chi connectivity index (χ3n) is 4.01. The zero-order chi connectivity index (χ0) is 16.1. The van der Waals surface area contributed by atoms with Crippen molar-refractivity contribution < 1.29 is 33.4 Å². The Morgan fingerprint density at radius 3 is 1.52 bits per heavy atom. The highest BCUT2D eigenvalue weighted by molar-refractivity contribution is 6.26. The first-order valence-corrected chi connectivity index (χ1v) is 6.02. The van der Waals surface area contributed by atoms with Gasteiger partial charge in [-0.05, 0) is 0 Å². The largest absolute Gasteiger partial charge is 0.469 e. The highest BCUT2D eigenvalue weighted by Gasteiger charge is 2.84. The Labute approximate surface area is 119 Å². The summed E-state index contributed by atoms with van der Waals surface area (Å²) < 4.78 is 9.09. The summed E-state index contributed by atoms with van der Waals surface area (Å²) in [5, 5.41) is 0. The molecule has 1 aliphatic heterocycles. The zero-order valence-electron chi connectivity index (χ0n) is 11.9. The highest BCUT2D eigenvalue weighted by Crippen LogP contribution is 2.62. The van der Waals surface area contributed by atoms with Gasteiger partial charge in [0, 0.05) is 14.1 Å². The molecule has 9 nitrogen and oxygen atoms in total. The smallest absolute Gasteiger partial charge is 0.332 e. The second-order valence-electron chi connectivity index (χ2n) is 4.88. The molecule has 2 aliphatic rings. The second-order valence-corrected chi connectivity index (χ2v) is 4.88. The summed E-state index contributed by atoms with van der Waals surface area (Å²) in [7, 11) is 4.52. The van der Waals surface area contributed by atoms with E-state index < -0.39 is 47.0 Å². The van der Waals surface area contributed by atoms with Crippen LogP contribution in [0.1, 0.15) is 0 Å². The fraction of sp³-hybridized carbons (Fsp3) is 0.583. The molecule has 0 N–H and O–H groups in total.